The summed E-state index contributed by atoms with van der Waals surface area (Å²) in [6.07, 6.45) is 2.24. The van der Waals surface area contributed by atoms with Crippen LogP contribution in [0.4, 0.5) is 4.79 Å². The van der Waals surface area contributed by atoms with Crippen LogP contribution >= 0.6 is 0 Å². The average molecular weight is 382 g/mol. The van der Waals surface area contributed by atoms with E-state index in [2.05, 4.69) is 28.8 Å². The second kappa shape index (κ2) is 8.63. The molecule has 0 unspecified atom stereocenters. The molecule has 3 amide bonds. The highest BCUT2D eigenvalue weighted by atomic mass is 16.2. The molecule has 5 heteroatoms. The van der Waals surface area contributed by atoms with E-state index in [1.54, 1.807) is 0 Å². The molecule has 0 saturated carbocycles. The molecule has 0 spiro atoms. The van der Waals surface area contributed by atoms with Crippen molar-refractivity contribution in [3.05, 3.63) is 48.0 Å². The van der Waals surface area contributed by atoms with E-state index in [0.29, 0.717) is 18.9 Å². The summed E-state index contributed by atoms with van der Waals surface area (Å²) < 4.78 is 0. The van der Waals surface area contributed by atoms with Gasteiger partial charge in [-0.25, -0.2) is 4.79 Å². The first-order valence-corrected chi connectivity index (χ1v) is 10.1. The summed E-state index contributed by atoms with van der Waals surface area (Å²) in [5.41, 5.74) is 0.841. The second-order valence-corrected chi connectivity index (χ2v) is 8.73. The summed E-state index contributed by atoms with van der Waals surface area (Å²) in [7, 11) is 0. The van der Waals surface area contributed by atoms with Gasteiger partial charge < -0.3 is 15.5 Å². The minimum absolute atomic E-state index is 0.00550. The summed E-state index contributed by atoms with van der Waals surface area (Å²) in [5, 5.41) is 8.40. The topological polar surface area (TPSA) is 61.4 Å². The Balaban J connectivity index is 1.45. The first kappa shape index (κ1) is 20.2. The molecule has 150 valence electrons. The van der Waals surface area contributed by atoms with Crippen LogP contribution in [0.5, 0.6) is 0 Å². The predicted molar refractivity (Wildman–Crippen MR) is 113 cm³/mol. The molecule has 28 heavy (non-hydrogen) atoms. The maximum absolute atomic E-state index is 12.4. The molecular formula is C23H31N3O2. The highest BCUT2D eigenvalue weighted by molar-refractivity contribution is 5.90. The van der Waals surface area contributed by atoms with E-state index in [4.69, 9.17) is 0 Å². The number of urea groups is 1. The Morgan fingerprint density at radius 2 is 1.71 bits per heavy atom. The minimum Gasteiger partial charge on any atom is -0.356 e. The molecule has 1 fully saturated rings. The molecule has 0 aliphatic carbocycles. The van der Waals surface area contributed by atoms with Gasteiger partial charge in [0.25, 0.3) is 0 Å². The quantitative estimate of drug-likeness (QED) is 0.848. The standard InChI is InChI=1S/C23H31N3O2/c1-23(2,3)25-22(28)26-13-11-17(12-14-26)16-24-21(27)15-19-9-6-8-18-7-4-5-10-20(18)19/h4-10,17H,11-16H2,1-3H3,(H,24,27)(H,25,28). The van der Waals surface area contributed by atoms with E-state index in [1.807, 2.05) is 49.9 Å². The number of piperidine rings is 1. The Bertz CT molecular complexity index is 828. The zero-order valence-corrected chi connectivity index (χ0v) is 17.1. The van der Waals surface area contributed by atoms with Gasteiger partial charge in [0.15, 0.2) is 0 Å². The van der Waals surface area contributed by atoms with Crippen molar-refractivity contribution in [1.29, 1.82) is 0 Å². The SMILES string of the molecule is CC(C)(C)NC(=O)N1CCC(CNC(=O)Cc2cccc3ccccc23)CC1. The van der Waals surface area contributed by atoms with E-state index in [0.717, 1.165) is 42.3 Å². The molecule has 3 rings (SSSR count). The molecule has 1 aliphatic rings. The van der Waals surface area contributed by atoms with Crippen molar-refractivity contribution < 1.29 is 9.59 Å². The largest absolute Gasteiger partial charge is 0.356 e. The summed E-state index contributed by atoms with van der Waals surface area (Å²) in [4.78, 5) is 26.6. The fourth-order valence-electron chi connectivity index (χ4n) is 3.68. The smallest absolute Gasteiger partial charge is 0.317 e. The first-order valence-electron chi connectivity index (χ1n) is 10.1. The number of carbonyl (C=O) groups excluding carboxylic acids is 2. The zero-order valence-electron chi connectivity index (χ0n) is 17.1. The third kappa shape index (κ3) is 5.47. The van der Waals surface area contributed by atoms with Crippen molar-refractivity contribution >= 4 is 22.7 Å². The number of rotatable bonds is 4. The van der Waals surface area contributed by atoms with Gasteiger partial charge in [-0.05, 0) is 55.9 Å². The lowest BCUT2D eigenvalue weighted by Crippen LogP contribution is -2.51. The van der Waals surface area contributed by atoms with Gasteiger partial charge in [-0.2, -0.15) is 0 Å². The number of nitrogens with one attached hydrogen (secondary N) is 2. The van der Waals surface area contributed by atoms with Crippen LogP contribution in [0, 0.1) is 5.92 Å². The molecule has 1 aliphatic heterocycles. The highest BCUT2D eigenvalue weighted by Crippen LogP contribution is 2.20. The van der Waals surface area contributed by atoms with Crippen LogP contribution in [0.1, 0.15) is 39.2 Å². The maximum Gasteiger partial charge on any atom is 0.317 e. The summed E-state index contributed by atoms with van der Waals surface area (Å²) in [6.45, 7) is 8.13. The van der Waals surface area contributed by atoms with Gasteiger partial charge in [0.05, 0.1) is 6.42 Å². The monoisotopic (exact) mass is 381 g/mol. The van der Waals surface area contributed by atoms with Crippen LogP contribution in [0.25, 0.3) is 10.8 Å². The van der Waals surface area contributed by atoms with Gasteiger partial charge in [-0.3, -0.25) is 4.79 Å². The number of fused-ring (bicyclic) bond motifs is 1. The van der Waals surface area contributed by atoms with Gasteiger partial charge in [0, 0.05) is 25.2 Å². The normalized spacial score (nSPS) is 15.5. The molecule has 0 radical (unpaired) electrons. The number of amides is 3. The van der Waals surface area contributed by atoms with E-state index >= 15 is 0 Å². The Labute approximate surface area is 167 Å². The maximum atomic E-state index is 12.4. The van der Waals surface area contributed by atoms with Gasteiger partial charge in [0.1, 0.15) is 0 Å². The van der Waals surface area contributed by atoms with Gasteiger partial charge in [-0.1, -0.05) is 42.5 Å². The third-order valence-corrected chi connectivity index (χ3v) is 5.20. The van der Waals surface area contributed by atoms with Crippen LogP contribution in [-0.2, 0) is 11.2 Å². The average Bonchev–Trinajstić information content (AvgIpc) is 2.66. The van der Waals surface area contributed by atoms with Crippen molar-refractivity contribution in [1.82, 2.24) is 15.5 Å². The van der Waals surface area contributed by atoms with Crippen LogP contribution in [-0.4, -0.2) is 42.0 Å². The van der Waals surface area contributed by atoms with Crippen LogP contribution in [0.15, 0.2) is 42.5 Å². The molecule has 5 nitrogen and oxygen atoms in total. The molecular weight excluding hydrogens is 350 g/mol. The molecule has 2 aromatic rings. The lowest BCUT2D eigenvalue weighted by molar-refractivity contribution is -0.120. The van der Waals surface area contributed by atoms with Crippen LogP contribution in [0.3, 0.4) is 0 Å². The summed E-state index contributed by atoms with van der Waals surface area (Å²) >= 11 is 0. The fourth-order valence-corrected chi connectivity index (χ4v) is 3.68. The van der Waals surface area contributed by atoms with Crippen LogP contribution < -0.4 is 10.6 Å². The van der Waals surface area contributed by atoms with Gasteiger partial charge >= 0.3 is 6.03 Å². The summed E-state index contributed by atoms with van der Waals surface area (Å²) in [5.74, 6) is 0.486. The minimum atomic E-state index is -0.219. The molecule has 2 aromatic carbocycles. The van der Waals surface area contributed by atoms with Crippen molar-refractivity contribution in [2.75, 3.05) is 19.6 Å². The molecule has 0 bridgehead atoms. The van der Waals surface area contributed by atoms with E-state index in [-0.39, 0.29) is 17.5 Å². The lowest BCUT2D eigenvalue weighted by Gasteiger charge is -2.34. The molecule has 2 N–H and O–H groups in total. The number of hydrogen-bond donors (Lipinski definition) is 2. The number of carbonyl (C=O) groups is 2. The number of likely N-dealkylation sites (tertiary alicyclic amines) is 1. The predicted octanol–water partition coefficient (Wildman–Crippen LogP) is 3.72. The fraction of sp³-hybridized carbons (Fsp3) is 0.478. The van der Waals surface area contributed by atoms with E-state index < -0.39 is 0 Å². The third-order valence-electron chi connectivity index (χ3n) is 5.20. The van der Waals surface area contributed by atoms with E-state index in [9.17, 15) is 9.59 Å². The van der Waals surface area contributed by atoms with Crippen molar-refractivity contribution in [3.63, 3.8) is 0 Å². The Morgan fingerprint density at radius 3 is 2.43 bits per heavy atom. The molecule has 1 saturated heterocycles. The van der Waals surface area contributed by atoms with Gasteiger partial charge in [0.2, 0.25) is 5.91 Å². The van der Waals surface area contributed by atoms with Crippen LogP contribution in [0.2, 0.25) is 0 Å². The number of benzene rings is 2. The zero-order chi connectivity index (χ0) is 20.1. The van der Waals surface area contributed by atoms with Crippen molar-refractivity contribution in [2.24, 2.45) is 5.92 Å². The number of hydrogen-bond acceptors (Lipinski definition) is 2. The lowest BCUT2D eigenvalue weighted by atomic mass is 9.96. The molecule has 0 atom stereocenters. The first-order chi connectivity index (χ1) is 13.3. The Kier molecular flexibility index (Phi) is 6.22. The van der Waals surface area contributed by atoms with Crippen molar-refractivity contribution in [3.8, 4) is 0 Å². The highest BCUT2D eigenvalue weighted by Gasteiger charge is 2.25. The van der Waals surface area contributed by atoms with Gasteiger partial charge in [-0.15, -0.1) is 0 Å². The Morgan fingerprint density at radius 1 is 1.04 bits per heavy atom. The molecule has 1 heterocycles. The Hall–Kier alpha value is -2.56. The van der Waals surface area contributed by atoms with Crippen molar-refractivity contribution in [2.45, 2.75) is 45.6 Å². The van der Waals surface area contributed by atoms with E-state index in [1.165, 1.54) is 0 Å². The summed E-state index contributed by atoms with van der Waals surface area (Å²) in [6, 6.07) is 14.3. The molecule has 0 aromatic heterocycles. The second-order valence-electron chi connectivity index (χ2n) is 8.73. The number of nitrogens with zero attached hydrogens (tertiary/aromatic N) is 1.